The molecular formula is C8H14Cl2. The van der Waals surface area contributed by atoms with Crippen LogP contribution >= 0.6 is 23.2 Å². The quantitative estimate of drug-likeness (QED) is 0.570. The number of alkyl halides is 2. The number of hydrogen-bond donors (Lipinski definition) is 0. The van der Waals surface area contributed by atoms with Gasteiger partial charge in [-0.3, -0.25) is 0 Å². The summed E-state index contributed by atoms with van der Waals surface area (Å²) < 4.78 is -0.421. The summed E-state index contributed by atoms with van der Waals surface area (Å²) in [6, 6.07) is 0. The molecule has 0 heterocycles. The van der Waals surface area contributed by atoms with Crippen LogP contribution in [0.5, 0.6) is 0 Å². The molecule has 0 amide bonds. The van der Waals surface area contributed by atoms with Gasteiger partial charge in [0.2, 0.25) is 0 Å². The zero-order chi connectivity index (χ0) is 7.99. The maximum absolute atomic E-state index is 6.02. The van der Waals surface area contributed by atoms with Crippen LogP contribution in [0.15, 0.2) is 0 Å². The molecule has 0 aromatic heterocycles. The average Bonchev–Trinajstić information content (AvgIpc) is 2.35. The van der Waals surface area contributed by atoms with Gasteiger partial charge in [0.25, 0.3) is 0 Å². The lowest BCUT2D eigenvalue weighted by Crippen LogP contribution is -2.15. The lowest BCUT2D eigenvalue weighted by molar-refractivity contribution is 0.342. The van der Waals surface area contributed by atoms with Crippen LogP contribution in [0.4, 0.5) is 0 Å². The van der Waals surface area contributed by atoms with Gasteiger partial charge in [-0.25, -0.2) is 0 Å². The second-order valence-corrected chi connectivity index (χ2v) is 5.03. The van der Waals surface area contributed by atoms with Crippen LogP contribution in [0.3, 0.4) is 0 Å². The molecular weight excluding hydrogens is 167 g/mol. The minimum atomic E-state index is -0.421. The minimum absolute atomic E-state index is 0.218. The molecule has 0 saturated heterocycles. The number of halogens is 2. The largest absolute Gasteiger partial charge is 0.124 e. The van der Waals surface area contributed by atoms with Crippen LogP contribution < -0.4 is 0 Å². The molecule has 0 N–H and O–H groups in total. The maximum Gasteiger partial charge on any atom is 0.124 e. The lowest BCUT2D eigenvalue weighted by atomic mass is 9.90. The van der Waals surface area contributed by atoms with Crippen LogP contribution in [0, 0.1) is 11.3 Å². The molecule has 0 aliphatic heterocycles. The summed E-state index contributed by atoms with van der Waals surface area (Å²) >= 11 is 12.0. The normalized spacial score (nSPS) is 36.6. The Morgan fingerprint density at radius 3 is 1.80 bits per heavy atom. The average molecular weight is 181 g/mol. The van der Waals surface area contributed by atoms with E-state index in [1.807, 2.05) is 0 Å². The van der Waals surface area contributed by atoms with Gasteiger partial charge in [-0.1, -0.05) is 20.8 Å². The van der Waals surface area contributed by atoms with E-state index in [0.29, 0.717) is 5.92 Å². The van der Waals surface area contributed by atoms with E-state index in [9.17, 15) is 0 Å². The minimum Gasteiger partial charge on any atom is -0.101 e. The summed E-state index contributed by atoms with van der Waals surface area (Å²) in [4.78, 5) is 0. The van der Waals surface area contributed by atoms with E-state index >= 15 is 0 Å². The van der Waals surface area contributed by atoms with E-state index in [1.54, 1.807) is 0 Å². The van der Waals surface area contributed by atoms with Gasteiger partial charge in [0, 0.05) is 5.41 Å². The van der Waals surface area contributed by atoms with Crippen molar-refractivity contribution in [2.75, 3.05) is 0 Å². The van der Waals surface area contributed by atoms with Crippen molar-refractivity contribution in [3.05, 3.63) is 0 Å². The fourth-order valence-corrected chi connectivity index (χ4v) is 2.95. The van der Waals surface area contributed by atoms with Crippen LogP contribution in [0.2, 0.25) is 0 Å². The zero-order valence-corrected chi connectivity index (χ0v) is 8.26. The summed E-state index contributed by atoms with van der Waals surface area (Å²) in [5, 5.41) is 0. The lowest BCUT2D eigenvalue weighted by Gasteiger charge is -2.19. The van der Waals surface area contributed by atoms with Crippen LogP contribution in [-0.2, 0) is 0 Å². The molecule has 0 aromatic carbocycles. The highest BCUT2D eigenvalue weighted by Gasteiger charge is 2.66. The molecule has 2 heteroatoms. The first-order valence-electron chi connectivity index (χ1n) is 3.84. The molecule has 0 radical (unpaired) electrons. The Balaban J connectivity index is 2.68. The second kappa shape index (κ2) is 2.28. The van der Waals surface area contributed by atoms with Crippen molar-refractivity contribution in [3.63, 3.8) is 0 Å². The van der Waals surface area contributed by atoms with E-state index in [2.05, 4.69) is 20.8 Å². The van der Waals surface area contributed by atoms with Crippen LogP contribution in [0.25, 0.3) is 0 Å². The third-order valence-corrected chi connectivity index (χ3v) is 3.90. The smallest absolute Gasteiger partial charge is 0.101 e. The topological polar surface area (TPSA) is 0 Å². The number of rotatable bonds is 2. The van der Waals surface area contributed by atoms with Gasteiger partial charge in [-0.05, 0) is 18.8 Å². The van der Waals surface area contributed by atoms with Crippen molar-refractivity contribution in [1.29, 1.82) is 0 Å². The predicted molar refractivity (Wildman–Crippen MR) is 46.6 cm³/mol. The molecule has 1 aliphatic rings. The first-order valence-corrected chi connectivity index (χ1v) is 4.60. The number of hydrogen-bond acceptors (Lipinski definition) is 0. The van der Waals surface area contributed by atoms with E-state index in [-0.39, 0.29) is 5.41 Å². The fourth-order valence-electron chi connectivity index (χ4n) is 1.77. The Morgan fingerprint density at radius 1 is 1.40 bits per heavy atom. The Morgan fingerprint density at radius 2 is 1.80 bits per heavy atom. The fraction of sp³-hybridized carbons (Fsp3) is 1.00. The molecule has 1 saturated carbocycles. The predicted octanol–water partition coefficient (Wildman–Crippen LogP) is 3.62. The van der Waals surface area contributed by atoms with Gasteiger partial charge in [0.05, 0.1) is 0 Å². The van der Waals surface area contributed by atoms with E-state index in [0.717, 1.165) is 12.8 Å². The molecule has 10 heavy (non-hydrogen) atoms. The van der Waals surface area contributed by atoms with Gasteiger partial charge in [-0.15, -0.1) is 23.2 Å². The SMILES string of the molecule is CCC1(C(C)C)CC1(Cl)Cl. The molecule has 1 fully saturated rings. The summed E-state index contributed by atoms with van der Waals surface area (Å²) in [6.07, 6.45) is 2.06. The first-order chi connectivity index (χ1) is 4.46. The molecule has 0 aromatic rings. The highest BCUT2D eigenvalue weighted by Crippen LogP contribution is 2.69. The molecule has 60 valence electrons. The third-order valence-electron chi connectivity index (χ3n) is 2.88. The van der Waals surface area contributed by atoms with Gasteiger partial charge >= 0.3 is 0 Å². The monoisotopic (exact) mass is 180 g/mol. The Hall–Kier alpha value is 0.580. The Bertz CT molecular complexity index is 140. The Kier molecular flexibility index (Phi) is 1.98. The standard InChI is InChI=1S/C8H14Cl2/c1-4-7(6(2)3)5-8(7,9)10/h6H,4-5H2,1-3H3. The van der Waals surface area contributed by atoms with Gasteiger partial charge in [0.1, 0.15) is 4.33 Å². The van der Waals surface area contributed by atoms with Crippen molar-refractivity contribution in [2.24, 2.45) is 11.3 Å². The zero-order valence-electron chi connectivity index (χ0n) is 6.75. The highest BCUT2D eigenvalue weighted by molar-refractivity contribution is 6.51. The van der Waals surface area contributed by atoms with Crippen LogP contribution in [-0.4, -0.2) is 4.33 Å². The van der Waals surface area contributed by atoms with E-state index < -0.39 is 4.33 Å². The van der Waals surface area contributed by atoms with E-state index in [4.69, 9.17) is 23.2 Å². The van der Waals surface area contributed by atoms with Crippen molar-refractivity contribution in [3.8, 4) is 0 Å². The maximum atomic E-state index is 6.02. The van der Waals surface area contributed by atoms with Gasteiger partial charge in [-0.2, -0.15) is 0 Å². The molecule has 0 nitrogen and oxygen atoms in total. The molecule has 0 spiro atoms. The van der Waals surface area contributed by atoms with Crippen LogP contribution in [0.1, 0.15) is 33.6 Å². The molecule has 0 bridgehead atoms. The van der Waals surface area contributed by atoms with Crippen molar-refractivity contribution in [2.45, 2.75) is 37.9 Å². The van der Waals surface area contributed by atoms with Gasteiger partial charge < -0.3 is 0 Å². The third kappa shape index (κ3) is 0.967. The van der Waals surface area contributed by atoms with Crippen molar-refractivity contribution in [1.82, 2.24) is 0 Å². The molecule has 1 aliphatic carbocycles. The summed E-state index contributed by atoms with van der Waals surface area (Å²) in [7, 11) is 0. The summed E-state index contributed by atoms with van der Waals surface area (Å²) in [6.45, 7) is 6.54. The highest BCUT2D eigenvalue weighted by atomic mass is 35.5. The molecule has 1 rings (SSSR count). The molecule has 1 atom stereocenters. The van der Waals surface area contributed by atoms with Crippen molar-refractivity contribution >= 4 is 23.2 Å². The first kappa shape index (κ1) is 8.67. The molecule has 1 unspecified atom stereocenters. The van der Waals surface area contributed by atoms with Crippen molar-refractivity contribution < 1.29 is 0 Å². The second-order valence-electron chi connectivity index (χ2n) is 3.55. The summed E-state index contributed by atoms with van der Waals surface area (Å²) in [5.41, 5.74) is 0.218. The summed E-state index contributed by atoms with van der Waals surface area (Å²) in [5.74, 6) is 0.604. The Labute approximate surface area is 72.9 Å². The van der Waals surface area contributed by atoms with E-state index in [1.165, 1.54) is 0 Å². The van der Waals surface area contributed by atoms with Gasteiger partial charge in [0.15, 0.2) is 0 Å².